The van der Waals surface area contributed by atoms with E-state index in [2.05, 4.69) is 17.4 Å². The number of allylic oxidation sites excluding steroid dienone is 1. The molecular weight excluding hydrogens is 584 g/mol. The molecule has 2 aliphatic rings. The average molecular weight is 621 g/mol. The molecule has 230 valence electrons. The molecule has 0 spiro atoms. The first-order valence-electron chi connectivity index (χ1n) is 15.5. The van der Waals surface area contributed by atoms with Crippen molar-refractivity contribution in [2.45, 2.75) is 52.2 Å². The minimum absolute atomic E-state index is 0.0259. The van der Waals surface area contributed by atoms with Crippen LogP contribution in [0.1, 0.15) is 62.3 Å². The van der Waals surface area contributed by atoms with Gasteiger partial charge in [-0.1, -0.05) is 86.1 Å². The lowest BCUT2D eigenvalue weighted by atomic mass is 9.78. The number of hydrogen-bond acceptors (Lipinski definition) is 5. The number of amides is 1. The fraction of sp³-hybridized carbons (Fsp3) is 0.263. The number of carbonyl (C=O) groups excluding carboxylic acids is 2. The molecule has 7 heteroatoms. The highest BCUT2D eigenvalue weighted by molar-refractivity contribution is 6.30. The Kier molecular flexibility index (Phi) is 8.95. The molecule has 4 aromatic carbocycles. The van der Waals surface area contributed by atoms with Crippen LogP contribution in [0.2, 0.25) is 5.02 Å². The first kappa shape index (κ1) is 30.5. The van der Waals surface area contributed by atoms with E-state index in [9.17, 15) is 9.59 Å². The molecule has 0 fully saturated rings. The van der Waals surface area contributed by atoms with Gasteiger partial charge in [-0.05, 0) is 72.4 Å². The van der Waals surface area contributed by atoms with Crippen LogP contribution in [-0.4, -0.2) is 18.3 Å². The van der Waals surface area contributed by atoms with E-state index >= 15 is 0 Å². The third-order valence-electron chi connectivity index (χ3n) is 8.38. The van der Waals surface area contributed by atoms with Crippen molar-refractivity contribution in [3.63, 3.8) is 0 Å². The van der Waals surface area contributed by atoms with Crippen molar-refractivity contribution in [1.82, 2.24) is 0 Å². The van der Waals surface area contributed by atoms with Crippen LogP contribution in [0.5, 0.6) is 11.5 Å². The third-order valence-corrected chi connectivity index (χ3v) is 8.63. The van der Waals surface area contributed by atoms with Crippen LogP contribution in [0.15, 0.2) is 108 Å². The lowest BCUT2D eigenvalue weighted by Gasteiger charge is -2.36. The van der Waals surface area contributed by atoms with Crippen molar-refractivity contribution in [3.8, 4) is 11.5 Å². The third kappa shape index (κ3) is 6.34. The fourth-order valence-corrected chi connectivity index (χ4v) is 6.34. The fourth-order valence-electron chi connectivity index (χ4n) is 6.21. The smallest absolute Gasteiger partial charge is 0.230 e. The van der Waals surface area contributed by atoms with Gasteiger partial charge in [0.2, 0.25) is 5.91 Å². The Hall–Kier alpha value is -4.55. The summed E-state index contributed by atoms with van der Waals surface area (Å²) in [6.45, 7) is 6.47. The maximum absolute atomic E-state index is 14.3. The first-order chi connectivity index (χ1) is 21.8. The Balaban J connectivity index is 1.47. The van der Waals surface area contributed by atoms with Gasteiger partial charge in [0.15, 0.2) is 17.3 Å². The second-order valence-electron chi connectivity index (χ2n) is 11.8. The van der Waals surface area contributed by atoms with Gasteiger partial charge in [0.1, 0.15) is 6.61 Å². The van der Waals surface area contributed by atoms with Crippen molar-refractivity contribution in [1.29, 1.82) is 0 Å². The monoisotopic (exact) mass is 620 g/mol. The number of nitrogens with one attached hydrogen (secondary N) is 1. The van der Waals surface area contributed by atoms with Gasteiger partial charge >= 0.3 is 0 Å². The Morgan fingerprint density at radius 3 is 2.36 bits per heavy atom. The maximum atomic E-state index is 14.3. The second kappa shape index (κ2) is 13.2. The predicted octanol–water partition coefficient (Wildman–Crippen LogP) is 8.87. The summed E-state index contributed by atoms with van der Waals surface area (Å²) in [5.74, 6) is 0.830. The van der Waals surface area contributed by atoms with E-state index in [0.717, 1.165) is 33.8 Å². The van der Waals surface area contributed by atoms with Gasteiger partial charge in [-0.15, -0.1) is 0 Å². The molecule has 0 bridgehead atoms. The molecule has 1 aliphatic carbocycles. The standard InChI is InChI=1S/C38H37ClN2O4/c1-4-44-35-22-27(16-19-34(35)45-23-25-14-17-29(39)18-15-25)37-36-31(20-28(21-33(36)42)26-10-6-5-7-11-26)40-30-12-8-9-13-32(30)41(37)38(43)24(2)3/h5-19,22,24,28,37,40H,4,20-21,23H2,1-3H3/t28-,37-/m1/s1. The van der Waals surface area contributed by atoms with E-state index in [1.807, 2.05) is 106 Å². The van der Waals surface area contributed by atoms with Gasteiger partial charge < -0.3 is 14.8 Å². The number of Topliss-reactive ketones (excluding diaryl/α,β-unsaturated/α-hetero) is 1. The number of ether oxygens (including phenoxy) is 2. The molecule has 1 N–H and O–H groups in total. The van der Waals surface area contributed by atoms with E-state index in [1.165, 1.54) is 0 Å². The Labute approximate surface area is 269 Å². The van der Waals surface area contributed by atoms with Crippen molar-refractivity contribution in [2.24, 2.45) is 5.92 Å². The molecule has 0 saturated carbocycles. The number of benzene rings is 4. The molecule has 0 saturated heterocycles. The highest BCUT2D eigenvalue weighted by atomic mass is 35.5. The van der Waals surface area contributed by atoms with Crippen molar-refractivity contribution >= 4 is 34.7 Å². The summed E-state index contributed by atoms with van der Waals surface area (Å²) >= 11 is 6.06. The number of halogens is 1. The summed E-state index contributed by atoms with van der Waals surface area (Å²) in [4.78, 5) is 30.2. The van der Waals surface area contributed by atoms with Crippen molar-refractivity contribution in [2.75, 3.05) is 16.8 Å². The summed E-state index contributed by atoms with van der Waals surface area (Å²) in [5, 5.41) is 4.27. The van der Waals surface area contributed by atoms with E-state index in [1.54, 1.807) is 4.90 Å². The van der Waals surface area contributed by atoms with Crippen LogP contribution in [0, 0.1) is 5.92 Å². The molecule has 0 radical (unpaired) electrons. The molecule has 0 aromatic heterocycles. The number of para-hydroxylation sites is 2. The zero-order chi connectivity index (χ0) is 31.5. The number of rotatable bonds is 8. The predicted molar refractivity (Wildman–Crippen MR) is 179 cm³/mol. The van der Waals surface area contributed by atoms with Crippen LogP contribution in [0.3, 0.4) is 0 Å². The minimum Gasteiger partial charge on any atom is -0.490 e. The van der Waals surface area contributed by atoms with Gasteiger partial charge in [-0.2, -0.15) is 0 Å². The van der Waals surface area contributed by atoms with E-state index in [4.69, 9.17) is 21.1 Å². The Morgan fingerprint density at radius 1 is 0.889 bits per heavy atom. The molecule has 1 aliphatic heterocycles. The van der Waals surface area contributed by atoms with Gasteiger partial charge in [0.05, 0.1) is 24.0 Å². The molecule has 4 aromatic rings. The van der Waals surface area contributed by atoms with Crippen LogP contribution in [0.25, 0.3) is 0 Å². The van der Waals surface area contributed by atoms with Crippen molar-refractivity contribution < 1.29 is 19.1 Å². The molecule has 1 amide bonds. The Bertz CT molecular complexity index is 1730. The SMILES string of the molecule is CCOc1cc([C@@H]2C3=C(C[C@@H](c4ccccc4)CC3=O)Nc3ccccc3N2C(=O)C(C)C)ccc1OCc1ccc(Cl)cc1. The molecular formula is C38H37ClN2O4. The zero-order valence-electron chi connectivity index (χ0n) is 25.8. The normalized spacial score (nSPS) is 17.7. The summed E-state index contributed by atoms with van der Waals surface area (Å²) < 4.78 is 12.3. The summed E-state index contributed by atoms with van der Waals surface area (Å²) in [5.41, 5.74) is 5.88. The lowest BCUT2D eigenvalue weighted by Crippen LogP contribution is -2.40. The number of nitrogens with zero attached hydrogens (tertiary/aromatic N) is 1. The Morgan fingerprint density at radius 2 is 1.62 bits per heavy atom. The number of anilines is 2. The van der Waals surface area contributed by atoms with Crippen LogP contribution in [0.4, 0.5) is 11.4 Å². The molecule has 2 atom stereocenters. The van der Waals surface area contributed by atoms with E-state index in [-0.39, 0.29) is 23.5 Å². The van der Waals surface area contributed by atoms with Crippen LogP contribution in [-0.2, 0) is 16.2 Å². The lowest BCUT2D eigenvalue weighted by molar-refractivity contribution is -0.121. The maximum Gasteiger partial charge on any atom is 0.230 e. The van der Waals surface area contributed by atoms with Crippen LogP contribution >= 0.6 is 11.6 Å². The quantitative estimate of drug-likeness (QED) is 0.213. The van der Waals surface area contributed by atoms with E-state index < -0.39 is 6.04 Å². The van der Waals surface area contributed by atoms with Crippen LogP contribution < -0.4 is 19.7 Å². The first-order valence-corrected chi connectivity index (χ1v) is 15.9. The highest BCUT2D eigenvalue weighted by Crippen LogP contribution is 2.48. The van der Waals surface area contributed by atoms with Crippen molar-refractivity contribution in [3.05, 3.63) is 130 Å². The highest BCUT2D eigenvalue weighted by Gasteiger charge is 2.42. The largest absolute Gasteiger partial charge is 0.490 e. The van der Waals surface area contributed by atoms with Gasteiger partial charge in [-0.3, -0.25) is 14.5 Å². The summed E-state index contributed by atoms with van der Waals surface area (Å²) in [7, 11) is 0. The van der Waals surface area contributed by atoms with Gasteiger partial charge in [0, 0.05) is 28.6 Å². The van der Waals surface area contributed by atoms with Gasteiger partial charge in [0.25, 0.3) is 0 Å². The molecule has 6 nitrogen and oxygen atoms in total. The second-order valence-corrected chi connectivity index (χ2v) is 12.2. The topological polar surface area (TPSA) is 67.9 Å². The molecule has 1 heterocycles. The minimum atomic E-state index is -0.653. The van der Waals surface area contributed by atoms with E-state index in [0.29, 0.717) is 48.2 Å². The number of hydrogen-bond donors (Lipinski definition) is 1. The average Bonchev–Trinajstić information content (AvgIpc) is 3.20. The molecule has 6 rings (SSSR count). The summed E-state index contributed by atoms with van der Waals surface area (Å²) in [6.07, 6.45) is 1.02. The zero-order valence-corrected chi connectivity index (χ0v) is 26.5. The number of fused-ring (bicyclic) bond motifs is 1. The number of ketones is 1. The molecule has 0 unspecified atom stereocenters. The molecule has 45 heavy (non-hydrogen) atoms. The number of carbonyl (C=O) groups is 2. The van der Waals surface area contributed by atoms with Gasteiger partial charge in [-0.25, -0.2) is 0 Å². The summed E-state index contributed by atoms with van der Waals surface area (Å²) in [6, 6.07) is 30.6.